The Balaban J connectivity index is 3.21. The van der Waals surface area contributed by atoms with Crippen molar-refractivity contribution in [1.82, 2.24) is 0 Å². The van der Waals surface area contributed by atoms with Crippen LogP contribution in [0.25, 0.3) is 0 Å². The SMILES string of the molecule is CC(=O)c1cc(O[Si](C)(C)C(C)(C)C)cc(Br)c1O. The van der Waals surface area contributed by atoms with E-state index >= 15 is 0 Å². The summed E-state index contributed by atoms with van der Waals surface area (Å²) in [6, 6.07) is 3.32. The van der Waals surface area contributed by atoms with E-state index in [1.807, 2.05) is 0 Å². The van der Waals surface area contributed by atoms with Crippen molar-refractivity contribution in [2.45, 2.75) is 45.8 Å². The number of ketones is 1. The van der Waals surface area contributed by atoms with Crippen molar-refractivity contribution in [3.05, 3.63) is 22.2 Å². The van der Waals surface area contributed by atoms with Crippen molar-refractivity contribution >= 4 is 30.0 Å². The third-order valence-electron chi connectivity index (χ3n) is 3.60. The van der Waals surface area contributed by atoms with E-state index in [0.29, 0.717) is 10.2 Å². The van der Waals surface area contributed by atoms with E-state index in [0.717, 1.165) is 0 Å². The smallest absolute Gasteiger partial charge is 0.250 e. The lowest BCUT2D eigenvalue weighted by Gasteiger charge is -2.36. The molecule has 0 aromatic heterocycles. The van der Waals surface area contributed by atoms with Crippen LogP contribution in [-0.2, 0) is 0 Å². The fourth-order valence-electron chi connectivity index (χ4n) is 1.35. The molecule has 1 rings (SSSR count). The van der Waals surface area contributed by atoms with Gasteiger partial charge in [-0.15, -0.1) is 0 Å². The molecule has 0 spiro atoms. The Morgan fingerprint density at radius 2 is 1.84 bits per heavy atom. The predicted octanol–water partition coefficient (Wildman–Crippen LogP) is 4.74. The highest BCUT2D eigenvalue weighted by Gasteiger charge is 2.39. The third-order valence-corrected chi connectivity index (χ3v) is 8.56. The number of Topliss-reactive ketones (excluding diaryl/α,β-unsaturated/α-hetero) is 1. The molecule has 0 fully saturated rings. The van der Waals surface area contributed by atoms with E-state index in [9.17, 15) is 9.90 Å². The molecule has 0 radical (unpaired) electrons. The molecule has 0 heterocycles. The third kappa shape index (κ3) is 3.60. The van der Waals surface area contributed by atoms with E-state index < -0.39 is 8.32 Å². The Bertz CT molecular complexity index is 504. The number of hydrogen-bond acceptors (Lipinski definition) is 3. The van der Waals surface area contributed by atoms with Crippen LogP contribution >= 0.6 is 15.9 Å². The van der Waals surface area contributed by atoms with Crippen LogP contribution in [0, 0.1) is 0 Å². The molecule has 1 N–H and O–H groups in total. The van der Waals surface area contributed by atoms with Crippen molar-refractivity contribution in [1.29, 1.82) is 0 Å². The number of carbonyl (C=O) groups is 1. The van der Waals surface area contributed by atoms with Gasteiger partial charge in [0.15, 0.2) is 5.78 Å². The van der Waals surface area contributed by atoms with Crippen LogP contribution in [0.1, 0.15) is 38.1 Å². The van der Waals surface area contributed by atoms with Gasteiger partial charge in [-0.2, -0.15) is 0 Å². The van der Waals surface area contributed by atoms with Gasteiger partial charge in [-0.1, -0.05) is 20.8 Å². The van der Waals surface area contributed by atoms with Gasteiger partial charge in [-0.25, -0.2) is 0 Å². The maximum Gasteiger partial charge on any atom is 0.250 e. The molecular formula is C14H21BrO3Si. The second kappa shape index (κ2) is 5.29. The van der Waals surface area contributed by atoms with E-state index in [4.69, 9.17) is 4.43 Å². The number of phenols is 1. The number of aromatic hydroxyl groups is 1. The number of hydrogen-bond donors (Lipinski definition) is 1. The first-order valence-electron chi connectivity index (χ1n) is 6.18. The van der Waals surface area contributed by atoms with Gasteiger partial charge in [0.25, 0.3) is 0 Å². The van der Waals surface area contributed by atoms with Crippen LogP contribution in [0.4, 0.5) is 0 Å². The molecule has 0 aliphatic rings. The topological polar surface area (TPSA) is 46.5 Å². The number of halogens is 1. The summed E-state index contributed by atoms with van der Waals surface area (Å²) < 4.78 is 6.62. The summed E-state index contributed by atoms with van der Waals surface area (Å²) in [4.78, 5) is 11.5. The quantitative estimate of drug-likeness (QED) is 0.636. The van der Waals surface area contributed by atoms with Crippen molar-refractivity contribution in [2.24, 2.45) is 0 Å². The number of benzene rings is 1. The summed E-state index contributed by atoms with van der Waals surface area (Å²) in [6.45, 7) is 12.2. The van der Waals surface area contributed by atoms with Gasteiger partial charge in [0.05, 0.1) is 10.0 Å². The molecule has 0 saturated heterocycles. The van der Waals surface area contributed by atoms with Crippen molar-refractivity contribution in [3.63, 3.8) is 0 Å². The minimum atomic E-state index is -1.96. The maximum absolute atomic E-state index is 11.5. The molecule has 106 valence electrons. The van der Waals surface area contributed by atoms with Crippen molar-refractivity contribution in [3.8, 4) is 11.5 Å². The van der Waals surface area contributed by atoms with Gasteiger partial charge in [0, 0.05) is 0 Å². The Labute approximate surface area is 124 Å². The molecule has 3 nitrogen and oxygen atoms in total. The van der Waals surface area contributed by atoms with Crippen LogP contribution in [0.15, 0.2) is 16.6 Å². The second-order valence-corrected chi connectivity index (χ2v) is 11.8. The van der Waals surface area contributed by atoms with Gasteiger partial charge in [-0.3, -0.25) is 4.79 Å². The highest BCUT2D eigenvalue weighted by Crippen LogP contribution is 2.39. The first-order chi connectivity index (χ1) is 8.45. The van der Waals surface area contributed by atoms with Crippen LogP contribution in [0.5, 0.6) is 11.5 Å². The fourth-order valence-corrected chi connectivity index (χ4v) is 2.80. The van der Waals surface area contributed by atoms with Crippen molar-refractivity contribution in [2.75, 3.05) is 0 Å². The zero-order valence-corrected chi connectivity index (χ0v) is 14.9. The van der Waals surface area contributed by atoms with Crippen LogP contribution in [0.2, 0.25) is 18.1 Å². The van der Waals surface area contributed by atoms with E-state index in [2.05, 4.69) is 49.8 Å². The normalized spacial score (nSPS) is 12.4. The Hall–Kier alpha value is -0.813. The lowest BCUT2D eigenvalue weighted by molar-refractivity contribution is 0.101. The monoisotopic (exact) mass is 344 g/mol. The lowest BCUT2D eigenvalue weighted by atomic mass is 10.1. The van der Waals surface area contributed by atoms with Gasteiger partial charge in [0.2, 0.25) is 8.32 Å². The Kier molecular flexibility index (Phi) is 4.52. The molecule has 1 aromatic rings. The minimum absolute atomic E-state index is 0.0323. The standard InChI is InChI=1S/C14H21BrO3Si/c1-9(16)11-7-10(8-12(15)13(11)17)18-19(5,6)14(2,3)4/h7-8,17H,1-6H3. The van der Waals surface area contributed by atoms with Gasteiger partial charge in [0.1, 0.15) is 11.5 Å². The number of carbonyl (C=O) groups excluding carboxylic acids is 1. The van der Waals surface area contributed by atoms with E-state index in [-0.39, 0.29) is 22.1 Å². The van der Waals surface area contributed by atoms with E-state index in [1.54, 1.807) is 12.1 Å². The zero-order chi connectivity index (χ0) is 15.0. The predicted molar refractivity (Wildman–Crippen MR) is 83.6 cm³/mol. The highest BCUT2D eigenvalue weighted by molar-refractivity contribution is 9.10. The molecule has 1 aromatic carbocycles. The molecule has 0 saturated carbocycles. The molecule has 5 heteroatoms. The van der Waals surface area contributed by atoms with E-state index in [1.165, 1.54) is 6.92 Å². The number of rotatable bonds is 3. The zero-order valence-electron chi connectivity index (χ0n) is 12.3. The second-order valence-electron chi connectivity index (χ2n) is 6.22. The average molecular weight is 345 g/mol. The molecule has 0 unspecified atom stereocenters. The highest BCUT2D eigenvalue weighted by atomic mass is 79.9. The summed E-state index contributed by atoms with van der Waals surface area (Å²) >= 11 is 3.26. The largest absolute Gasteiger partial charge is 0.543 e. The minimum Gasteiger partial charge on any atom is -0.543 e. The Morgan fingerprint density at radius 1 is 1.32 bits per heavy atom. The molecule has 19 heavy (non-hydrogen) atoms. The van der Waals surface area contributed by atoms with Crippen LogP contribution in [-0.4, -0.2) is 19.2 Å². The average Bonchev–Trinajstić information content (AvgIpc) is 2.20. The van der Waals surface area contributed by atoms with Gasteiger partial charge >= 0.3 is 0 Å². The summed E-state index contributed by atoms with van der Waals surface area (Å²) in [5.41, 5.74) is 0.281. The molecular weight excluding hydrogens is 324 g/mol. The molecule has 0 amide bonds. The summed E-state index contributed by atoms with van der Waals surface area (Å²) in [5, 5.41) is 9.92. The summed E-state index contributed by atoms with van der Waals surface area (Å²) in [7, 11) is -1.96. The molecule has 0 aliphatic carbocycles. The lowest BCUT2D eigenvalue weighted by Crippen LogP contribution is -2.43. The first-order valence-corrected chi connectivity index (χ1v) is 9.88. The van der Waals surface area contributed by atoms with Crippen LogP contribution in [0.3, 0.4) is 0 Å². The van der Waals surface area contributed by atoms with Crippen molar-refractivity contribution < 1.29 is 14.3 Å². The van der Waals surface area contributed by atoms with Gasteiger partial charge < -0.3 is 9.53 Å². The molecule has 0 aliphatic heterocycles. The number of phenolic OH excluding ortho intramolecular Hbond substituents is 1. The molecule has 0 atom stereocenters. The molecule has 0 bridgehead atoms. The van der Waals surface area contributed by atoms with Gasteiger partial charge in [-0.05, 0) is 53.1 Å². The Morgan fingerprint density at radius 3 is 2.26 bits per heavy atom. The summed E-state index contributed by atoms with van der Waals surface area (Å²) in [6.07, 6.45) is 0. The van der Waals surface area contributed by atoms with Crippen LogP contribution < -0.4 is 4.43 Å². The summed E-state index contributed by atoms with van der Waals surface area (Å²) in [5.74, 6) is 0.412. The maximum atomic E-state index is 11.5. The fraction of sp³-hybridized carbons (Fsp3) is 0.500. The first kappa shape index (κ1) is 16.2.